The molecule has 2 rings (SSSR count). The largest absolute Gasteiger partial charge is 0.491 e. The summed E-state index contributed by atoms with van der Waals surface area (Å²) in [6.07, 6.45) is 0.616. The third kappa shape index (κ3) is 4.86. The van der Waals surface area contributed by atoms with Gasteiger partial charge in [0.05, 0.1) is 13.2 Å². The third-order valence-electron chi connectivity index (χ3n) is 3.08. The lowest BCUT2D eigenvalue weighted by molar-refractivity contribution is -0.0403. The van der Waals surface area contributed by atoms with Gasteiger partial charge in [0.1, 0.15) is 18.5 Å². The van der Waals surface area contributed by atoms with Gasteiger partial charge in [0, 0.05) is 25.1 Å². The summed E-state index contributed by atoms with van der Waals surface area (Å²) in [5, 5.41) is 8.70. The summed E-state index contributed by atoms with van der Waals surface area (Å²) in [6, 6.07) is 7.69. The van der Waals surface area contributed by atoms with E-state index >= 15 is 0 Å². The van der Waals surface area contributed by atoms with Gasteiger partial charge in [-0.15, -0.1) is 0 Å². The number of aliphatic hydroxyl groups is 1. The lowest BCUT2D eigenvalue weighted by Gasteiger charge is -2.29. The maximum absolute atomic E-state index is 8.70. The highest BCUT2D eigenvalue weighted by Crippen LogP contribution is 2.14. The molecule has 1 aliphatic rings. The van der Waals surface area contributed by atoms with Gasteiger partial charge >= 0.3 is 0 Å². The zero-order valence-corrected chi connectivity index (χ0v) is 11.8. The van der Waals surface area contributed by atoms with E-state index in [4.69, 9.17) is 14.6 Å². The molecular formula is C16H21NO3. The van der Waals surface area contributed by atoms with Crippen molar-refractivity contribution in [2.45, 2.75) is 12.5 Å². The summed E-state index contributed by atoms with van der Waals surface area (Å²) >= 11 is 0. The van der Waals surface area contributed by atoms with Gasteiger partial charge in [-0.1, -0.05) is 17.9 Å². The minimum Gasteiger partial charge on any atom is -0.491 e. The number of aliphatic hydroxyl groups excluding tert-OH is 1. The van der Waals surface area contributed by atoms with Crippen LogP contribution in [0.4, 0.5) is 0 Å². The van der Waals surface area contributed by atoms with E-state index in [1.54, 1.807) is 0 Å². The molecule has 1 N–H and O–H groups in total. The smallest absolute Gasteiger partial charge is 0.120 e. The van der Waals surface area contributed by atoms with Gasteiger partial charge < -0.3 is 19.5 Å². The van der Waals surface area contributed by atoms with Crippen LogP contribution < -0.4 is 4.74 Å². The van der Waals surface area contributed by atoms with Crippen molar-refractivity contribution >= 4 is 0 Å². The molecule has 0 aromatic heterocycles. The van der Waals surface area contributed by atoms with Crippen molar-refractivity contribution in [2.24, 2.45) is 0 Å². The van der Waals surface area contributed by atoms with Crippen LogP contribution in [-0.4, -0.2) is 56.1 Å². The molecule has 4 heteroatoms. The van der Waals surface area contributed by atoms with Crippen molar-refractivity contribution in [2.75, 3.05) is 40.0 Å². The number of ether oxygens (including phenoxy) is 2. The van der Waals surface area contributed by atoms with E-state index in [1.807, 2.05) is 24.3 Å². The molecule has 1 atom stereocenters. The molecule has 1 aliphatic heterocycles. The van der Waals surface area contributed by atoms with Crippen LogP contribution in [-0.2, 0) is 4.74 Å². The second-order valence-corrected chi connectivity index (χ2v) is 4.87. The fourth-order valence-electron chi connectivity index (χ4n) is 2.04. The van der Waals surface area contributed by atoms with Crippen molar-refractivity contribution in [3.05, 3.63) is 29.8 Å². The molecule has 4 nitrogen and oxygen atoms in total. The monoisotopic (exact) mass is 275 g/mol. The van der Waals surface area contributed by atoms with Crippen LogP contribution in [0.2, 0.25) is 0 Å². The zero-order chi connectivity index (χ0) is 14.2. The van der Waals surface area contributed by atoms with E-state index in [2.05, 4.69) is 23.8 Å². The highest BCUT2D eigenvalue weighted by atomic mass is 16.5. The number of morpholine rings is 1. The third-order valence-corrected chi connectivity index (χ3v) is 3.08. The lowest BCUT2D eigenvalue weighted by atomic mass is 10.2. The summed E-state index contributed by atoms with van der Waals surface area (Å²) in [5.41, 5.74) is 0.901. The Kier molecular flexibility index (Phi) is 5.87. The molecule has 1 aromatic rings. The molecule has 1 saturated heterocycles. The summed E-state index contributed by atoms with van der Waals surface area (Å²) in [4.78, 5) is 2.24. The van der Waals surface area contributed by atoms with E-state index in [0.717, 1.165) is 31.0 Å². The molecule has 0 bridgehead atoms. The van der Waals surface area contributed by atoms with Gasteiger partial charge in [-0.25, -0.2) is 0 Å². The lowest BCUT2D eigenvalue weighted by Crippen LogP contribution is -2.42. The molecule has 1 unspecified atom stereocenters. The highest BCUT2D eigenvalue weighted by Gasteiger charge is 2.18. The quantitative estimate of drug-likeness (QED) is 0.837. The predicted octanol–water partition coefficient (Wildman–Crippen LogP) is 1.13. The Morgan fingerprint density at radius 2 is 2.40 bits per heavy atom. The Bertz CT molecular complexity index is 478. The van der Waals surface area contributed by atoms with Crippen LogP contribution in [0, 0.1) is 11.8 Å². The van der Waals surface area contributed by atoms with Crippen molar-refractivity contribution in [1.82, 2.24) is 4.90 Å². The normalized spacial score (nSPS) is 19.2. The molecule has 1 fully saturated rings. The second kappa shape index (κ2) is 7.91. The first-order chi connectivity index (χ1) is 9.78. The Balaban J connectivity index is 1.86. The molecule has 20 heavy (non-hydrogen) atoms. The van der Waals surface area contributed by atoms with Crippen molar-refractivity contribution in [1.29, 1.82) is 0 Å². The molecule has 108 valence electrons. The summed E-state index contributed by atoms with van der Waals surface area (Å²) < 4.78 is 11.4. The van der Waals surface area contributed by atoms with Crippen molar-refractivity contribution in [3.8, 4) is 17.6 Å². The van der Waals surface area contributed by atoms with Gasteiger partial charge in [0.2, 0.25) is 0 Å². The molecule has 1 heterocycles. The second-order valence-electron chi connectivity index (χ2n) is 4.87. The number of rotatable bonds is 4. The van der Waals surface area contributed by atoms with Crippen molar-refractivity contribution < 1.29 is 14.6 Å². The van der Waals surface area contributed by atoms with Gasteiger partial charge in [-0.2, -0.15) is 0 Å². The number of benzene rings is 1. The number of likely N-dealkylation sites (N-methyl/N-ethyl adjacent to an activating group) is 1. The number of nitrogens with zero attached hydrogens (tertiary/aromatic N) is 1. The topological polar surface area (TPSA) is 41.9 Å². The highest BCUT2D eigenvalue weighted by molar-refractivity contribution is 5.39. The number of hydrogen-bond donors (Lipinski definition) is 1. The van der Waals surface area contributed by atoms with Crippen LogP contribution in [0.15, 0.2) is 24.3 Å². The predicted molar refractivity (Wildman–Crippen MR) is 77.8 cm³/mol. The van der Waals surface area contributed by atoms with Crippen LogP contribution in [0.25, 0.3) is 0 Å². The molecule has 0 aliphatic carbocycles. The van der Waals surface area contributed by atoms with Gasteiger partial charge in [0.15, 0.2) is 0 Å². The molecule has 1 aromatic carbocycles. The fraction of sp³-hybridized carbons (Fsp3) is 0.500. The molecule has 0 saturated carbocycles. The van der Waals surface area contributed by atoms with Crippen LogP contribution in [0.5, 0.6) is 5.75 Å². The zero-order valence-electron chi connectivity index (χ0n) is 11.8. The van der Waals surface area contributed by atoms with Crippen LogP contribution in [0.1, 0.15) is 12.0 Å². The Labute approximate surface area is 120 Å². The standard InChI is InChI=1S/C16H21NO3/c1-17-8-10-19-16(12-17)13-20-15-7-4-6-14(11-15)5-2-3-9-18/h4,6-7,11,16,18H,3,8-10,12-13H2,1H3. The summed E-state index contributed by atoms with van der Waals surface area (Å²) in [6.45, 7) is 3.28. The molecule has 0 amide bonds. The first-order valence-corrected chi connectivity index (χ1v) is 6.90. The van der Waals surface area contributed by atoms with Gasteiger partial charge in [-0.3, -0.25) is 0 Å². The Morgan fingerprint density at radius 1 is 1.50 bits per heavy atom. The minimum atomic E-state index is 0.0930. The van der Waals surface area contributed by atoms with Gasteiger partial charge in [-0.05, 0) is 25.2 Å². The van der Waals surface area contributed by atoms with E-state index in [0.29, 0.717) is 13.0 Å². The molecule has 0 spiro atoms. The van der Waals surface area contributed by atoms with E-state index < -0.39 is 0 Å². The molecular weight excluding hydrogens is 254 g/mol. The van der Waals surface area contributed by atoms with E-state index in [1.165, 1.54) is 0 Å². The van der Waals surface area contributed by atoms with E-state index in [9.17, 15) is 0 Å². The first kappa shape index (κ1) is 14.9. The van der Waals surface area contributed by atoms with Crippen LogP contribution in [0.3, 0.4) is 0 Å². The maximum Gasteiger partial charge on any atom is 0.120 e. The average molecular weight is 275 g/mol. The van der Waals surface area contributed by atoms with Crippen LogP contribution >= 0.6 is 0 Å². The first-order valence-electron chi connectivity index (χ1n) is 6.90. The SMILES string of the molecule is CN1CCOC(COc2cccc(C#CCCO)c2)C1. The summed E-state index contributed by atoms with van der Waals surface area (Å²) in [7, 11) is 2.09. The summed E-state index contributed by atoms with van der Waals surface area (Å²) in [5.74, 6) is 6.71. The maximum atomic E-state index is 8.70. The minimum absolute atomic E-state index is 0.0930. The molecule has 0 radical (unpaired) electrons. The average Bonchev–Trinajstić information content (AvgIpc) is 2.46. The number of hydrogen-bond acceptors (Lipinski definition) is 4. The van der Waals surface area contributed by atoms with Crippen molar-refractivity contribution in [3.63, 3.8) is 0 Å². The Hall–Kier alpha value is -1.54. The van der Waals surface area contributed by atoms with Gasteiger partial charge in [0.25, 0.3) is 0 Å². The fourth-order valence-corrected chi connectivity index (χ4v) is 2.04. The Morgan fingerprint density at radius 3 is 3.20 bits per heavy atom. The van der Waals surface area contributed by atoms with E-state index in [-0.39, 0.29) is 12.7 Å².